The molecule has 3 rings (SSSR count). The third kappa shape index (κ3) is 0.603. The van der Waals surface area contributed by atoms with Gasteiger partial charge in [0.15, 0.2) is 0 Å². The number of nitrogens with two attached hydrogens (primary N) is 1. The summed E-state index contributed by atoms with van der Waals surface area (Å²) in [6.45, 7) is 4.65. The summed E-state index contributed by atoms with van der Waals surface area (Å²) in [6, 6.07) is 0. The smallest absolute Gasteiger partial charge is 0.0391 e. The molecule has 2 fully saturated rings. The highest BCUT2D eigenvalue weighted by Gasteiger charge is 2.60. The quantitative estimate of drug-likeness (QED) is 0.512. The zero-order chi connectivity index (χ0) is 8.40. The van der Waals surface area contributed by atoms with Crippen LogP contribution in [0.3, 0.4) is 0 Å². The molecular weight excluding hydrogens is 148 g/mol. The van der Waals surface area contributed by atoms with E-state index < -0.39 is 0 Å². The summed E-state index contributed by atoms with van der Waals surface area (Å²) >= 11 is 0. The monoisotopic (exact) mass is 164 g/mol. The van der Waals surface area contributed by atoms with E-state index in [1.807, 2.05) is 0 Å². The molecule has 3 aliphatic rings. The molecule has 0 radical (unpaired) electrons. The van der Waals surface area contributed by atoms with Crippen molar-refractivity contribution < 1.29 is 0 Å². The summed E-state index contributed by atoms with van der Waals surface area (Å²) < 4.78 is 0. The maximum absolute atomic E-state index is 6.34. The van der Waals surface area contributed by atoms with Crippen LogP contribution in [-0.4, -0.2) is 18.6 Å². The van der Waals surface area contributed by atoms with Crippen LogP contribution in [0.2, 0.25) is 0 Å². The first-order chi connectivity index (χ1) is 5.64. The van der Waals surface area contributed by atoms with Crippen molar-refractivity contribution in [2.24, 2.45) is 23.0 Å². The molecule has 0 aromatic carbocycles. The van der Waals surface area contributed by atoms with Crippen molar-refractivity contribution in [2.45, 2.75) is 18.9 Å². The van der Waals surface area contributed by atoms with Gasteiger partial charge in [-0.3, -0.25) is 0 Å². The molecule has 3 N–H and O–H groups in total. The molecule has 2 nitrogen and oxygen atoms in total. The zero-order valence-corrected chi connectivity index (χ0v) is 7.51. The first-order valence-corrected chi connectivity index (χ1v) is 4.84. The summed E-state index contributed by atoms with van der Waals surface area (Å²) in [5, 5.41) is 3.46. The maximum atomic E-state index is 6.34. The molecule has 0 amide bonds. The summed E-state index contributed by atoms with van der Waals surface area (Å²) in [4.78, 5) is 0. The largest absolute Gasteiger partial charge is 0.322 e. The van der Waals surface area contributed by atoms with Crippen molar-refractivity contribution >= 4 is 0 Å². The van der Waals surface area contributed by atoms with Crippen molar-refractivity contribution in [1.82, 2.24) is 5.32 Å². The second kappa shape index (κ2) is 1.78. The molecule has 4 atom stereocenters. The molecule has 66 valence electrons. The second-order valence-corrected chi connectivity index (χ2v) is 5.00. The zero-order valence-electron chi connectivity index (χ0n) is 7.51. The highest BCUT2D eigenvalue weighted by Crippen LogP contribution is 2.58. The molecule has 4 unspecified atom stereocenters. The minimum atomic E-state index is 0.0307. The van der Waals surface area contributed by atoms with E-state index in [2.05, 4.69) is 24.4 Å². The van der Waals surface area contributed by atoms with E-state index in [4.69, 9.17) is 5.73 Å². The van der Waals surface area contributed by atoms with Gasteiger partial charge in [0, 0.05) is 12.1 Å². The Kier molecular flexibility index (Phi) is 1.05. The standard InChI is InChI=1S/C10H16N2/c1-9-2-3-10(11,6-9)8-5-12-4-7(8)9/h2-3,7-8,12H,4-6,11H2,1H3. The fourth-order valence-electron chi connectivity index (χ4n) is 3.57. The van der Waals surface area contributed by atoms with Crippen LogP contribution in [0.15, 0.2) is 12.2 Å². The minimum absolute atomic E-state index is 0.0307. The molecule has 12 heavy (non-hydrogen) atoms. The molecule has 0 aromatic heterocycles. The third-order valence-electron chi connectivity index (χ3n) is 4.21. The molecule has 1 heterocycles. The van der Waals surface area contributed by atoms with Gasteiger partial charge in [0.1, 0.15) is 0 Å². The van der Waals surface area contributed by atoms with Gasteiger partial charge >= 0.3 is 0 Å². The fraction of sp³-hybridized carbons (Fsp3) is 0.800. The molecule has 1 saturated carbocycles. The number of fused-ring (bicyclic) bond motifs is 5. The van der Waals surface area contributed by atoms with Gasteiger partial charge in [0.25, 0.3) is 0 Å². The van der Waals surface area contributed by atoms with Gasteiger partial charge in [-0.15, -0.1) is 0 Å². The SMILES string of the molecule is CC12C=CC(N)(C1)C1CNCC12. The topological polar surface area (TPSA) is 38.0 Å². The molecule has 2 bridgehead atoms. The molecule has 1 aliphatic heterocycles. The Balaban J connectivity index is 2.09. The maximum Gasteiger partial charge on any atom is 0.0391 e. The average molecular weight is 164 g/mol. The van der Waals surface area contributed by atoms with E-state index in [1.54, 1.807) is 0 Å². The number of hydrogen-bond donors (Lipinski definition) is 2. The van der Waals surface area contributed by atoms with E-state index in [0.717, 1.165) is 12.5 Å². The number of nitrogens with one attached hydrogen (secondary N) is 1. The summed E-state index contributed by atoms with van der Waals surface area (Å²) in [6.07, 6.45) is 5.78. The Hall–Kier alpha value is -0.340. The van der Waals surface area contributed by atoms with Crippen molar-refractivity contribution in [3.8, 4) is 0 Å². The van der Waals surface area contributed by atoms with Crippen molar-refractivity contribution in [2.75, 3.05) is 13.1 Å². The number of hydrogen-bond acceptors (Lipinski definition) is 2. The Bertz CT molecular complexity index is 237. The van der Waals surface area contributed by atoms with Crippen LogP contribution < -0.4 is 11.1 Å². The predicted octanol–water partition coefficient (Wildman–Crippen LogP) is 0.499. The highest BCUT2D eigenvalue weighted by atomic mass is 15.0. The molecular formula is C10H16N2. The predicted molar refractivity (Wildman–Crippen MR) is 48.6 cm³/mol. The van der Waals surface area contributed by atoms with Gasteiger partial charge in [0.2, 0.25) is 0 Å². The third-order valence-corrected chi connectivity index (χ3v) is 4.21. The summed E-state index contributed by atoms with van der Waals surface area (Å²) in [7, 11) is 0. The van der Waals surface area contributed by atoms with Crippen LogP contribution in [0.1, 0.15) is 13.3 Å². The Morgan fingerprint density at radius 2 is 2.08 bits per heavy atom. The van der Waals surface area contributed by atoms with Gasteiger partial charge in [0.05, 0.1) is 0 Å². The lowest BCUT2D eigenvalue weighted by Gasteiger charge is -2.29. The van der Waals surface area contributed by atoms with Crippen LogP contribution in [0.4, 0.5) is 0 Å². The van der Waals surface area contributed by atoms with Gasteiger partial charge in [-0.2, -0.15) is 0 Å². The summed E-state index contributed by atoms with van der Waals surface area (Å²) in [5.41, 5.74) is 6.78. The molecule has 2 aliphatic carbocycles. The summed E-state index contributed by atoms with van der Waals surface area (Å²) in [5.74, 6) is 1.50. The van der Waals surface area contributed by atoms with E-state index in [0.29, 0.717) is 11.3 Å². The Morgan fingerprint density at radius 3 is 2.83 bits per heavy atom. The van der Waals surface area contributed by atoms with Crippen LogP contribution >= 0.6 is 0 Å². The van der Waals surface area contributed by atoms with Crippen LogP contribution in [-0.2, 0) is 0 Å². The van der Waals surface area contributed by atoms with E-state index in [-0.39, 0.29) is 5.54 Å². The molecule has 1 saturated heterocycles. The first-order valence-electron chi connectivity index (χ1n) is 4.84. The molecule has 2 heteroatoms. The number of rotatable bonds is 0. The van der Waals surface area contributed by atoms with Crippen LogP contribution in [0.25, 0.3) is 0 Å². The van der Waals surface area contributed by atoms with Gasteiger partial charge in [-0.25, -0.2) is 0 Å². The van der Waals surface area contributed by atoms with E-state index in [1.165, 1.54) is 13.0 Å². The lowest BCUT2D eigenvalue weighted by molar-refractivity contribution is 0.291. The average Bonchev–Trinajstić information content (AvgIpc) is 2.58. The van der Waals surface area contributed by atoms with E-state index in [9.17, 15) is 0 Å². The van der Waals surface area contributed by atoms with Gasteiger partial charge in [-0.1, -0.05) is 19.1 Å². The minimum Gasteiger partial charge on any atom is -0.322 e. The van der Waals surface area contributed by atoms with Crippen molar-refractivity contribution in [3.63, 3.8) is 0 Å². The van der Waals surface area contributed by atoms with Gasteiger partial charge < -0.3 is 11.1 Å². The fourth-order valence-corrected chi connectivity index (χ4v) is 3.57. The Labute approximate surface area is 73.2 Å². The highest BCUT2D eigenvalue weighted by molar-refractivity contribution is 5.31. The molecule has 0 aromatic rings. The number of allylic oxidation sites excluding steroid dienone is 1. The molecule has 0 spiro atoms. The van der Waals surface area contributed by atoms with Crippen LogP contribution in [0.5, 0.6) is 0 Å². The lowest BCUT2D eigenvalue weighted by atomic mass is 9.76. The van der Waals surface area contributed by atoms with E-state index >= 15 is 0 Å². The normalized spacial score (nSPS) is 61.2. The van der Waals surface area contributed by atoms with Gasteiger partial charge in [-0.05, 0) is 30.2 Å². The van der Waals surface area contributed by atoms with Crippen LogP contribution in [0, 0.1) is 17.3 Å². The first kappa shape index (κ1) is 7.10. The second-order valence-electron chi connectivity index (χ2n) is 5.00. The Morgan fingerprint density at radius 1 is 1.33 bits per heavy atom. The lowest BCUT2D eigenvalue weighted by Crippen LogP contribution is -2.43. The van der Waals surface area contributed by atoms with Crippen molar-refractivity contribution in [1.29, 1.82) is 0 Å². The van der Waals surface area contributed by atoms with Crippen molar-refractivity contribution in [3.05, 3.63) is 12.2 Å².